The Bertz CT molecular complexity index is 941. The number of rotatable bonds is 6. The van der Waals surface area contributed by atoms with Crippen LogP contribution in [0.2, 0.25) is 0 Å². The van der Waals surface area contributed by atoms with E-state index in [1.165, 1.54) is 6.42 Å². The van der Waals surface area contributed by atoms with Crippen LogP contribution in [-0.2, 0) is 14.1 Å². The molecule has 4 heteroatoms. The molecule has 0 bridgehead atoms. The Balaban J connectivity index is 1.95. The largest absolute Gasteiger partial charge is 0.462 e. The highest BCUT2D eigenvalue weighted by atomic mass is 31.2. The maximum absolute atomic E-state index is 14.6. The van der Waals surface area contributed by atoms with E-state index in [0.717, 1.165) is 40.1 Å². The van der Waals surface area contributed by atoms with Crippen molar-refractivity contribution in [2.45, 2.75) is 66.9 Å². The Morgan fingerprint density at radius 2 is 1.68 bits per heavy atom. The van der Waals surface area contributed by atoms with Crippen molar-refractivity contribution < 1.29 is 14.1 Å². The molecule has 2 aromatic carbocycles. The summed E-state index contributed by atoms with van der Waals surface area (Å²) in [5, 5.41) is 1.53. The lowest BCUT2D eigenvalue weighted by atomic mass is 9.75. The number of benzene rings is 2. The standard InChI is InChI=1S/C27H37O3P/c1-18(2)24-13-12-19(3)16-25(24)30-26(28)17-31(29,23-10-8-7-9-11-23)27-21(5)14-20(4)15-22(27)6/h7-11,14-15,18-19,24-25H,12-13,16-17H2,1-6H3/t19-,24+,25-,31+/m1/s1. The first-order valence-corrected chi connectivity index (χ1v) is 13.4. The number of carbonyl (C=O) groups excluding carboxylic acids is 1. The Kier molecular flexibility index (Phi) is 7.47. The van der Waals surface area contributed by atoms with Gasteiger partial charge in [0.1, 0.15) is 12.3 Å². The molecule has 0 spiro atoms. The first kappa shape index (κ1) is 23.8. The summed E-state index contributed by atoms with van der Waals surface area (Å²) in [6.45, 7) is 12.7. The van der Waals surface area contributed by atoms with Crippen molar-refractivity contribution >= 4 is 23.7 Å². The van der Waals surface area contributed by atoms with Crippen LogP contribution in [0.5, 0.6) is 0 Å². The zero-order valence-electron chi connectivity index (χ0n) is 19.9. The minimum Gasteiger partial charge on any atom is -0.462 e. The monoisotopic (exact) mass is 440 g/mol. The Morgan fingerprint density at radius 1 is 1.06 bits per heavy atom. The van der Waals surface area contributed by atoms with Crippen LogP contribution in [-0.4, -0.2) is 18.2 Å². The second-order valence-corrected chi connectivity index (χ2v) is 12.6. The van der Waals surface area contributed by atoms with Gasteiger partial charge in [-0.15, -0.1) is 0 Å². The van der Waals surface area contributed by atoms with Gasteiger partial charge in [0, 0.05) is 10.6 Å². The van der Waals surface area contributed by atoms with E-state index >= 15 is 0 Å². The van der Waals surface area contributed by atoms with Crippen molar-refractivity contribution in [2.24, 2.45) is 17.8 Å². The smallest absolute Gasteiger partial charge is 0.314 e. The van der Waals surface area contributed by atoms with E-state index < -0.39 is 7.14 Å². The summed E-state index contributed by atoms with van der Waals surface area (Å²) in [5.41, 5.74) is 3.09. The Hall–Kier alpha value is -1.86. The highest BCUT2D eigenvalue weighted by Crippen LogP contribution is 2.46. The number of hydrogen-bond acceptors (Lipinski definition) is 3. The molecule has 31 heavy (non-hydrogen) atoms. The maximum Gasteiger partial charge on any atom is 0.314 e. The molecule has 0 heterocycles. The molecule has 2 aromatic rings. The van der Waals surface area contributed by atoms with Gasteiger partial charge in [0.15, 0.2) is 7.14 Å². The van der Waals surface area contributed by atoms with E-state index in [1.54, 1.807) is 0 Å². The highest BCUT2D eigenvalue weighted by molar-refractivity contribution is 7.79. The molecular weight excluding hydrogens is 403 g/mol. The van der Waals surface area contributed by atoms with E-state index in [0.29, 0.717) is 17.8 Å². The zero-order valence-corrected chi connectivity index (χ0v) is 20.7. The number of ether oxygens (including phenoxy) is 1. The molecule has 0 saturated heterocycles. The topological polar surface area (TPSA) is 43.4 Å². The molecule has 0 aliphatic heterocycles. The van der Waals surface area contributed by atoms with Crippen LogP contribution in [0.1, 0.15) is 56.7 Å². The second-order valence-electron chi connectivity index (χ2n) is 9.84. The normalized spacial score (nSPS) is 23.4. The molecule has 3 nitrogen and oxygen atoms in total. The van der Waals surface area contributed by atoms with Crippen LogP contribution >= 0.6 is 7.14 Å². The summed E-state index contributed by atoms with van der Waals surface area (Å²) in [7, 11) is -3.18. The SMILES string of the molecule is Cc1cc(C)c([P@](=O)(CC(=O)O[C@@H]2C[C@H](C)CC[C@H]2C(C)C)c2ccccc2)c(C)c1. The summed E-state index contributed by atoms with van der Waals surface area (Å²) in [6, 6.07) is 13.6. The van der Waals surface area contributed by atoms with Crippen LogP contribution in [0.25, 0.3) is 0 Å². The first-order chi connectivity index (χ1) is 14.6. The van der Waals surface area contributed by atoms with Gasteiger partial charge in [0.2, 0.25) is 0 Å². The predicted molar refractivity (Wildman–Crippen MR) is 130 cm³/mol. The fraction of sp³-hybridized carbons (Fsp3) is 0.519. The van der Waals surface area contributed by atoms with Crippen molar-refractivity contribution in [3.63, 3.8) is 0 Å². The maximum atomic E-state index is 14.6. The molecule has 0 aromatic heterocycles. The van der Waals surface area contributed by atoms with Gasteiger partial charge < -0.3 is 9.30 Å². The van der Waals surface area contributed by atoms with Gasteiger partial charge in [-0.05, 0) is 62.5 Å². The molecular formula is C27H37O3P. The van der Waals surface area contributed by atoms with Crippen LogP contribution < -0.4 is 10.6 Å². The second kappa shape index (κ2) is 9.74. The minimum atomic E-state index is -3.18. The van der Waals surface area contributed by atoms with Gasteiger partial charge in [-0.1, -0.05) is 75.2 Å². The Labute approximate surface area is 188 Å². The fourth-order valence-corrected chi connectivity index (χ4v) is 8.31. The fourth-order valence-electron chi connectivity index (χ4n) is 5.35. The molecule has 168 valence electrons. The molecule has 0 unspecified atom stereocenters. The number of aryl methyl sites for hydroxylation is 3. The molecule has 1 fully saturated rings. The van der Waals surface area contributed by atoms with Crippen molar-refractivity contribution in [1.29, 1.82) is 0 Å². The van der Waals surface area contributed by atoms with E-state index in [1.807, 2.05) is 51.1 Å². The number of esters is 1. The molecule has 1 aliphatic carbocycles. The van der Waals surface area contributed by atoms with Gasteiger partial charge in [-0.25, -0.2) is 0 Å². The minimum absolute atomic E-state index is 0.0827. The number of hydrogen-bond donors (Lipinski definition) is 0. The van der Waals surface area contributed by atoms with Gasteiger partial charge >= 0.3 is 5.97 Å². The van der Waals surface area contributed by atoms with Crippen molar-refractivity contribution in [3.05, 3.63) is 59.2 Å². The van der Waals surface area contributed by atoms with E-state index in [4.69, 9.17) is 4.74 Å². The number of carbonyl (C=O) groups is 1. The predicted octanol–water partition coefficient (Wildman–Crippen LogP) is 5.93. The van der Waals surface area contributed by atoms with Crippen molar-refractivity contribution in [1.82, 2.24) is 0 Å². The zero-order chi connectivity index (χ0) is 22.8. The van der Waals surface area contributed by atoms with Crippen LogP contribution in [0.3, 0.4) is 0 Å². The lowest BCUT2D eigenvalue weighted by Gasteiger charge is -2.37. The average Bonchev–Trinajstić information content (AvgIpc) is 2.67. The third-order valence-corrected chi connectivity index (χ3v) is 10.0. The summed E-state index contributed by atoms with van der Waals surface area (Å²) < 4.78 is 20.7. The quantitative estimate of drug-likeness (QED) is 0.413. The molecule has 0 radical (unpaired) electrons. The van der Waals surface area contributed by atoms with E-state index in [-0.39, 0.29) is 18.2 Å². The van der Waals surface area contributed by atoms with Crippen LogP contribution in [0.15, 0.2) is 42.5 Å². The molecule has 0 amide bonds. The van der Waals surface area contributed by atoms with Crippen molar-refractivity contribution in [2.75, 3.05) is 6.16 Å². The van der Waals surface area contributed by atoms with E-state index in [2.05, 4.69) is 32.9 Å². The van der Waals surface area contributed by atoms with Gasteiger partial charge in [0.05, 0.1) is 0 Å². The average molecular weight is 441 g/mol. The third kappa shape index (κ3) is 5.32. The van der Waals surface area contributed by atoms with Crippen LogP contribution in [0.4, 0.5) is 0 Å². The van der Waals surface area contributed by atoms with Crippen LogP contribution in [0, 0.1) is 38.5 Å². The van der Waals surface area contributed by atoms with Crippen molar-refractivity contribution in [3.8, 4) is 0 Å². The lowest BCUT2D eigenvalue weighted by Crippen LogP contribution is -2.37. The molecule has 1 aliphatic rings. The third-order valence-electron chi connectivity index (χ3n) is 6.77. The molecule has 0 N–H and O–H groups in total. The highest BCUT2D eigenvalue weighted by Gasteiger charge is 2.37. The Morgan fingerprint density at radius 3 is 2.26 bits per heavy atom. The summed E-state index contributed by atoms with van der Waals surface area (Å²) >= 11 is 0. The summed E-state index contributed by atoms with van der Waals surface area (Å²) in [4.78, 5) is 13.2. The van der Waals surface area contributed by atoms with Gasteiger partial charge in [0.25, 0.3) is 0 Å². The molecule has 4 atom stereocenters. The van der Waals surface area contributed by atoms with Gasteiger partial charge in [-0.3, -0.25) is 4.79 Å². The summed E-state index contributed by atoms with van der Waals surface area (Å²) in [6.07, 6.45) is 3.00. The molecule has 1 saturated carbocycles. The van der Waals surface area contributed by atoms with Gasteiger partial charge in [-0.2, -0.15) is 0 Å². The summed E-state index contributed by atoms with van der Waals surface area (Å²) in [5.74, 6) is 1.05. The molecule has 3 rings (SSSR count). The lowest BCUT2D eigenvalue weighted by molar-refractivity contribution is -0.152. The first-order valence-electron chi connectivity index (χ1n) is 11.5. The van der Waals surface area contributed by atoms with E-state index in [9.17, 15) is 9.36 Å².